The van der Waals surface area contributed by atoms with Crippen molar-refractivity contribution in [1.29, 1.82) is 0 Å². The van der Waals surface area contributed by atoms with Gasteiger partial charge >= 0.3 is 0 Å². The van der Waals surface area contributed by atoms with Crippen molar-refractivity contribution in [2.75, 3.05) is 12.4 Å². The lowest BCUT2D eigenvalue weighted by molar-refractivity contribution is -0.111. The second-order valence-corrected chi connectivity index (χ2v) is 8.91. The average Bonchev–Trinajstić information content (AvgIpc) is 2.93. The summed E-state index contributed by atoms with van der Waals surface area (Å²) in [5.74, 6) is 0.474. The first-order chi connectivity index (χ1) is 17.9. The van der Waals surface area contributed by atoms with Crippen molar-refractivity contribution in [1.82, 2.24) is 0 Å². The van der Waals surface area contributed by atoms with E-state index < -0.39 is 5.91 Å². The monoisotopic (exact) mass is 531 g/mol. The highest BCUT2D eigenvalue weighted by molar-refractivity contribution is 6.31. The van der Waals surface area contributed by atoms with Crippen LogP contribution in [0.4, 0.5) is 5.69 Å². The normalized spacial score (nSPS) is 10.8. The molecule has 0 saturated heterocycles. The van der Waals surface area contributed by atoms with Crippen molar-refractivity contribution in [2.45, 2.75) is 6.61 Å². The average molecular weight is 532 g/mol. The standard InChI is InChI=1S/C30H23Cl2NO4/c1-36-28-17-20(9-15-27(28)37-19-21-7-11-23(31)12-8-21)10-16-29(34)33-26-14-13-24(32)18-25(26)30(35)22-5-3-2-4-6-22/h2-18H,19H2,1H3,(H,33,34). The number of amides is 1. The van der Waals surface area contributed by atoms with Crippen molar-refractivity contribution < 1.29 is 19.1 Å². The van der Waals surface area contributed by atoms with Gasteiger partial charge in [0.15, 0.2) is 17.3 Å². The Kier molecular flexibility index (Phi) is 8.62. The van der Waals surface area contributed by atoms with E-state index in [0.717, 1.165) is 11.1 Å². The number of ketones is 1. The number of hydrogen-bond donors (Lipinski definition) is 1. The molecule has 0 radical (unpaired) electrons. The molecule has 1 N–H and O–H groups in total. The van der Waals surface area contributed by atoms with Crippen molar-refractivity contribution in [3.05, 3.63) is 129 Å². The van der Waals surface area contributed by atoms with Crippen LogP contribution in [0.5, 0.6) is 11.5 Å². The number of rotatable bonds is 9. The van der Waals surface area contributed by atoms with E-state index >= 15 is 0 Å². The summed E-state index contributed by atoms with van der Waals surface area (Å²) < 4.78 is 11.3. The van der Waals surface area contributed by atoms with Crippen LogP contribution in [-0.4, -0.2) is 18.8 Å². The highest BCUT2D eigenvalue weighted by Gasteiger charge is 2.15. The van der Waals surface area contributed by atoms with Gasteiger partial charge in [-0.25, -0.2) is 0 Å². The molecule has 0 heterocycles. The Morgan fingerprint density at radius 1 is 0.838 bits per heavy atom. The number of nitrogens with one attached hydrogen (secondary N) is 1. The minimum absolute atomic E-state index is 0.235. The van der Waals surface area contributed by atoms with Crippen LogP contribution in [0.2, 0.25) is 10.0 Å². The van der Waals surface area contributed by atoms with Crippen molar-refractivity contribution >= 4 is 46.7 Å². The number of carbonyl (C=O) groups is 2. The third-order valence-corrected chi connectivity index (χ3v) is 5.93. The molecule has 4 aromatic rings. The van der Waals surface area contributed by atoms with Crippen LogP contribution < -0.4 is 14.8 Å². The van der Waals surface area contributed by atoms with E-state index in [0.29, 0.717) is 45.0 Å². The second kappa shape index (κ2) is 12.3. The van der Waals surface area contributed by atoms with E-state index in [4.69, 9.17) is 32.7 Å². The maximum absolute atomic E-state index is 13.0. The summed E-state index contributed by atoms with van der Waals surface area (Å²) in [7, 11) is 1.55. The Morgan fingerprint density at radius 2 is 1.57 bits per heavy atom. The molecule has 7 heteroatoms. The summed E-state index contributed by atoms with van der Waals surface area (Å²) in [6.07, 6.45) is 3.03. The van der Waals surface area contributed by atoms with Gasteiger partial charge in [0.1, 0.15) is 6.61 Å². The highest BCUT2D eigenvalue weighted by Crippen LogP contribution is 2.30. The fourth-order valence-electron chi connectivity index (χ4n) is 3.55. The van der Waals surface area contributed by atoms with E-state index in [9.17, 15) is 9.59 Å². The Balaban J connectivity index is 1.45. The molecule has 0 fully saturated rings. The van der Waals surface area contributed by atoms with Crippen LogP contribution in [0, 0.1) is 0 Å². The molecule has 1 amide bonds. The summed E-state index contributed by atoms with van der Waals surface area (Å²) in [5, 5.41) is 3.84. The Hall–Kier alpha value is -4.06. The first-order valence-corrected chi connectivity index (χ1v) is 12.1. The molecule has 0 saturated carbocycles. The molecule has 37 heavy (non-hydrogen) atoms. The quantitative estimate of drug-likeness (QED) is 0.180. The summed E-state index contributed by atoms with van der Waals surface area (Å²) in [4.78, 5) is 25.7. The van der Waals surface area contributed by atoms with Crippen LogP contribution in [0.15, 0.2) is 97.1 Å². The van der Waals surface area contributed by atoms with E-state index in [2.05, 4.69) is 5.32 Å². The van der Waals surface area contributed by atoms with Crippen LogP contribution in [0.1, 0.15) is 27.0 Å². The van der Waals surface area contributed by atoms with Gasteiger partial charge in [0.2, 0.25) is 5.91 Å². The maximum atomic E-state index is 13.0. The number of hydrogen-bond acceptors (Lipinski definition) is 4. The topological polar surface area (TPSA) is 64.6 Å². The van der Waals surface area contributed by atoms with E-state index in [1.807, 2.05) is 24.3 Å². The van der Waals surface area contributed by atoms with Gasteiger partial charge in [0.25, 0.3) is 0 Å². The number of benzene rings is 4. The second-order valence-electron chi connectivity index (χ2n) is 8.03. The van der Waals surface area contributed by atoms with E-state index in [-0.39, 0.29) is 5.78 Å². The van der Waals surface area contributed by atoms with Gasteiger partial charge < -0.3 is 14.8 Å². The minimum Gasteiger partial charge on any atom is -0.493 e. The number of halogens is 2. The molecule has 0 aromatic heterocycles. The van der Waals surface area contributed by atoms with Gasteiger partial charge in [-0.15, -0.1) is 0 Å². The Morgan fingerprint density at radius 3 is 2.30 bits per heavy atom. The largest absolute Gasteiger partial charge is 0.493 e. The predicted octanol–water partition coefficient (Wildman–Crippen LogP) is 7.46. The maximum Gasteiger partial charge on any atom is 0.248 e. The zero-order chi connectivity index (χ0) is 26.2. The van der Waals surface area contributed by atoms with Crippen molar-refractivity contribution in [2.24, 2.45) is 0 Å². The molecular formula is C30H23Cl2NO4. The molecule has 0 aliphatic rings. The highest BCUT2D eigenvalue weighted by atomic mass is 35.5. The summed E-state index contributed by atoms with van der Waals surface area (Å²) >= 11 is 12.1. The first kappa shape index (κ1) is 26.0. The molecule has 4 aromatic carbocycles. The van der Waals surface area contributed by atoms with Crippen molar-refractivity contribution in [3.8, 4) is 11.5 Å². The smallest absolute Gasteiger partial charge is 0.248 e. The fraction of sp³-hybridized carbons (Fsp3) is 0.0667. The molecule has 0 atom stereocenters. The first-order valence-electron chi connectivity index (χ1n) is 11.4. The SMILES string of the molecule is COc1cc(C=CC(=O)Nc2ccc(Cl)cc2C(=O)c2ccccc2)ccc1OCc1ccc(Cl)cc1. The Labute approximate surface area is 225 Å². The molecule has 0 unspecified atom stereocenters. The molecular weight excluding hydrogens is 509 g/mol. The molecule has 0 spiro atoms. The summed E-state index contributed by atoms with van der Waals surface area (Å²) in [6.45, 7) is 0.357. The van der Waals surface area contributed by atoms with Crippen LogP contribution >= 0.6 is 23.2 Å². The molecule has 5 nitrogen and oxygen atoms in total. The zero-order valence-corrected chi connectivity index (χ0v) is 21.4. The third kappa shape index (κ3) is 7.00. The zero-order valence-electron chi connectivity index (χ0n) is 19.9. The summed E-state index contributed by atoms with van der Waals surface area (Å²) in [5.41, 5.74) is 2.89. The van der Waals surface area contributed by atoms with Crippen LogP contribution in [-0.2, 0) is 11.4 Å². The molecule has 0 bridgehead atoms. The molecule has 0 aliphatic heterocycles. The van der Waals surface area contributed by atoms with Gasteiger partial charge in [0, 0.05) is 27.2 Å². The predicted molar refractivity (Wildman–Crippen MR) is 148 cm³/mol. The van der Waals surface area contributed by atoms with Crippen LogP contribution in [0.25, 0.3) is 6.08 Å². The lowest BCUT2D eigenvalue weighted by Gasteiger charge is -2.12. The molecule has 0 aliphatic carbocycles. The van der Waals surface area contributed by atoms with Crippen LogP contribution in [0.3, 0.4) is 0 Å². The van der Waals surface area contributed by atoms with E-state index in [1.54, 1.807) is 79.9 Å². The van der Waals surface area contributed by atoms with Gasteiger partial charge in [-0.1, -0.05) is 71.7 Å². The number of methoxy groups -OCH3 is 1. The molecule has 186 valence electrons. The van der Waals surface area contributed by atoms with E-state index in [1.165, 1.54) is 6.08 Å². The lowest BCUT2D eigenvalue weighted by atomic mass is 10.0. The third-order valence-electron chi connectivity index (χ3n) is 5.44. The van der Waals surface area contributed by atoms with Crippen molar-refractivity contribution in [3.63, 3.8) is 0 Å². The summed E-state index contributed by atoms with van der Waals surface area (Å²) in [6, 6.07) is 26.4. The number of ether oxygens (including phenoxy) is 2. The fourth-order valence-corrected chi connectivity index (χ4v) is 3.85. The lowest BCUT2D eigenvalue weighted by Crippen LogP contribution is -2.12. The Bertz CT molecular complexity index is 1430. The number of carbonyl (C=O) groups excluding carboxylic acids is 2. The van der Waals surface area contributed by atoms with Gasteiger partial charge in [-0.2, -0.15) is 0 Å². The number of anilines is 1. The van der Waals surface area contributed by atoms with Gasteiger partial charge in [-0.3, -0.25) is 9.59 Å². The van der Waals surface area contributed by atoms with Gasteiger partial charge in [0.05, 0.1) is 12.8 Å². The minimum atomic E-state index is -0.397. The van der Waals surface area contributed by atoms with Gasteiger partial charge in [-0.05, 0) is 59.7 Å². The molecule has 4 rings (SSSR count).